The third-order valence-corrected chi connectivity index (χ3v) is 2.62. The summed E-state index contributed by atoms with van der Waals surface area (Å²) >= 11 is 0. The summed E-state index contributed by atoms with van der Waals surface area (Å²) in [5.41, 5.74) is 0.581. The van der Waals surface area contributed by atoms with Gasteiger partial charge >= 0.3 is 0 Å². The Bertz CT molecular complexity index is 397. The van der Waals surface area contributed by atoms with Crippen molar-refractivity contribution in [2.75, 3.05) is 25.2 Å². The van der Waals surface area contributed by atoms with Gasteiger partial charge in [-0.05, 0) is 18.9 Å². The van der Waals surface area contributed by atoms with E-state index in [-0.39, 0.29) is 0 Å². The van der Waals surface area contributed by atoms with E-state index in [1.54, 1.807) is 19.4 Å². The summed E-state index contributed by atoms with van der Waals surface area (Å²) in [5, 5.41) is 16.9. The first kappa shape index (κ1) is 10.8. The van der Waals surface area contributed by atoms with Crippen molar-refractivity contribution in [3.8, 4) is 6.07 Å². The number of nitrogens with zero attached hydrogens (tertiary/aromatic N) is 4. The van der Waals surface area contributed by atoms with Gasteiger partial charge in [-0.2, -0.15) is 10.4 Å². The van der Waals surface area contributed by atoms with Gasteiger partial charge in [-0.3, -0.25) is 0 Å². The number of methoxy groups -OCH3 is 1. The molecule has 1 fully saturated rings. The lowest BCUT2D eigenvalue weighted by Crippen LogP contribution is -2.31. The molecule has 0 aromatic carbocycles. The molecule has 5 heteroatoms. The molecule has 1 heterocycles. The van der Waals surface area contributed by atoms with Crippen molar-refractivity contribution in [1.82, 2.24) is 10.2 Å². The fourth-order valence-corrected chi connectivity index (χ4v) is 1.66. The molecule has 1 aromatic heterocycles. The number of nitriles is 1. The van der Waals surface area contributed by atoms with Crippen molar-refractivity contribution >= 4 is 5.82 Å². The van der Waals surface area contributed by atoms with E-state index in [0.717, 1.165) is 19.4 Å². The Morgan fingerprint density at radius 1 is 1.62 bits per heavy atom. The van der Waals surface area contributed by atoms with Crippen molar-refractivity contribution in [3.05, 3.63) is 17.8 Å². The Labute approximate surface area is 94.7 Å². The zero-order valence-corrected chi connectivity index (χ0v) is 9.26. The first-order valence-electron chi connectivity index (χ1n) is 5.34. The molecule has 0 amide bonds. The smallest absolute Gasteiger partial charge is 0.169 e. The Kier molecular flexibility index (Phi) is 3.32. The van der Waals surface area contributed by atoms with E-state index < -0.39 is 0 Å². The maximum atomic E-state index is 9.02. The zero-order valence-electron chi connectivity index (χ0n) is 9.26. The number of ether oxygens (including phenoxy) is 1. The van der Waals surface area contributed by atoms with Crippen LogP contribution in [0.25, 0.3) is 0 Å². The van der Waals surface area contributed by atoms with Crippen LogP contribution in [0.5, 0.6) is 0 Å². The second-order valence-corrected chi connectivity index (χ2v) is 3.80. The summed E-state index contributed by atoms with van der Waals surface area (Å²) < 4.78 is 5.07. The van der Waals surface area contributed by atoms with Gasteiger partial charge in [0.2, 0.25) is 0 Å². The Balaban J connectivity index is 2.20. The lowest BCUT2D eigenvalue weighted by Gasteiger charge is -2.23. The summed E-state index contributed by atoms with van der Waals surface area (Å²) in [5.74, 6) is 0.685. The van der Waals surface area contributed by atoms with Crippen LogP contribution < -0.4 is 4.90 Å². The predicted octanol–water partition coefficient (Wildman–Crippen LogP) is 0.963. The summed E-state index contributed by atoms with van der Waals surface area (Å²) in [6, 6.07) is 4.35. The highest BCUT2D eigenvalue weighted by molar-refractivity contribution is 5.54. The standard InChI is InChI=1S/C11H14N4O/c1-16-7-6-15(10-2-3-10)11-9(8-12)4-5-13-14-11/h4-5,10H,2-3,6-7H2,1H3. The fourth-order valence-electron chi connectivity index (χ4n) is 1.66. The summed E-state index contributed by atoms with van der Waals surface area (Å²) in [6.07, 6.45) is 3.86. The average molecular weight is 218 g/mol. The first-order valence-corrected chi connectivity index (χ1v) is 5.34. The molecule has 84 valence electrons. The van der Waals surface area contributed by atoms with E-state index in [0.29, 0.717) is 24.0 Å². The van der Waals surface area contributed by atoms with Gasteiger partial charge in [-0.25, -0.2) is 0 Å². The van der Waals surface area contributed by atoms with Crippen molar-refractivity contribution in [2.24, 2.45) is 0 Å². The lowest BCUT2D eigenvalue weighted by atomic mass is 10.3. The van der Waals surface area contributed by atoms with Crippen LogP contribution in [0.1, 0.15) is 18.4 Å². The average Bonchev–Trinajstić information content (AvgIpc) is 3.14. The van der Waals surface area contributed by atoms with Crippen LogP contribution in [0.4, 0.5) is 5.82 Å². The number of hydrogen-bond acceptors (Lipinski definition) is 5. The molecule has 5 nitrogen and oxygen atoms in total. The highest BCUT2D eigenvalue weighted by Crippen LogP contribution is 2.31. The number of aromatic nitrogens is 2. The molecular weight excluding hydrogens is 204 g/mol. The molecule has 0 N–H and O–H groups in total. The van der Waals surface area contributed by atoms with Gasteiger partial charge in [0.05, 0.1) is 18.4 Å². The van der Waals surface area contributed by atoms with Crippen molar-refractivity contribution in [2.45, 2.75) is 18.9 Å². The third-order valence-electron chi connectivity index (χ3n) is 2.62. The maximum absolute atomic E-state index is 9.02. The van der Waals surface area contributed by atoms with Gasteiger partial charge in [-0.15, -0.1) is 5.10 Å². The van der Waals surface area contributed by atoms with E-state index in [2.05, 4.69) is 21.2 Å². The Morgan fingerprint density at radius 2 is 2.44 bits per heavy atom. The largest absolute Gasteiger partial charge is 0.383 e. The number of anilines is 1. The quantitative estimate of drug-likeness (QED) is 0.736. The molecule has 0 bridgehead atoms. The van der Waals surface area contributed by atoms with Crippen LogP contribution in [0.15, 0.2) is 12.3 Å². The van der Waals surface area contributed by atoms with Crippen LogP contribution in [0, 0.1) is 11.3 Å². The number of rotatable bonds is 5. The van der Waals surface area contributed by atoms with Crippen molar-refractivity contribution in [1.29, 1.82) is 5.26 Å². The topological polar surface area (TPSA) is 62.0 Å². The second kappa shape index (κ2) is 4.90. The minimum atomic E-state index is 0.499. The normalized spacial score (nSPS) is 14.5. The molecular formula is C11H14N4O. The highest BCUT2D eigenvalue weighted by Gasteiger charge is 2.31. The van der Waals surface area contributed by atoms with Gasteiger partial charge in [0.15, 0.2) is 5.82 Å². The highest BCUT2D eigenvalue weighted by atomic mass is 16.5. The monoisotopic (exact) mass is 218 g/mol. The molecule has 1 saturated carbocycles. The van der Waals surface area contributed by atoms with Crippen LogP contribution in [0.2, 0.25) is 0 Å². The summed E-state index contributed by atoms with van der Waals surface area (Å²) in [7, 11) is 1.67. The molecule has 0 aliphatic heterocycles. The van der Waals surface area contributed by atoms with E-state index in [9.17, 15) is 0 Å². The van der Waals surface area contributed by atoms with Crippen molar-refractivity contribution < 1.29 is 4.74 Å². The number of hydrogen-bond donors (Lipinski definition) is 0. The Morgan fingerprint density at radius 3 is 3.06 bits per heavy atom. The van der Waals surface area contributed by atoms with Crippen LogP contribution in [-0.2, 0) is 4.74 Å². The van der Waals surface area contributed by atoms with E-state index in [1.165, 1.54) is 0 Å². The molecule has 16 heavy (non-hydrogen) atoms. The molecule has 0 atom stereocenters. The minimum Gasteiger partial charge on any atom is -0.383 e. The first-order chi connectivity index (χ1) is 7.86. The summed E-state index contributed by atoms with van der Waals surface area (Å²) in [4.78, 5) is 2.12. The SMILES string of the molecule is COCCN(c1nnccc1C#N)C1CC1. The molecule has 0 saturated heterocycles. The zero-order chi connectivity index (χ0) is 11.4. The second-order valence-electron chi connectivity index (χ2n) is 3.80. The Hall–Kier alpha value is -1.67. The van der Waals surface area contributed by atoms with Crippen molar-refractivity contribution in [3.63, 3.8) is 0 Å². The predicted molar refractivity (Wildman–Crippen MR) is 59.0 cm³/mol. The molecule has 0 spiro atoms. The van der Waals surface area contributed by atoms with Crippen LogP contribution in [0.3, 0.4) is 0 Å². The maximum Gasteiger partial charge on any atom is 0.169 e. The van der Waals surface area contributed by atoms with Crippen LogP contribution >= 0.6 is 0 Å². The molecule has 1 aromatic rings. The summed E-state index contributed by atoms with van der Waals surface area (Å²) in [6.45, 7) is 1.40. The third kappa shape index (κ3) is 2.28. The van der Waals surface area contributed by atoms with Gasteiger partial charge in [-0.1, -0.05) is 0 Å². The van der Waals surface area contributed by atoms with Gasteiger partial charge in [0.25, 0.3) is 0 Å². The molecule has 1 aliphatic carbocycles. The van der Waals surface area contributed by atoms with Gasteiger partial charge in [0, 0.05) is 19.7 Å². The molecule has 0 unspecified atom stereocenters. The minimum absolute atomic E-state index is 0.499. The van der Waals surface area contributed by atoms with Gasteiger partial charge < -0.3 is 9.64 Å². The fraction of sp³-hybridized carbons (Fsp3) is 0.545. The van der Waals surface area contributed by atoms with Crippen LogP contribution in [-0.4, -0.2) is 36.5 Å². The molecule has 0 radical (unpaired) electrons. The molecule has 2 rings (SSSR count). The van der Waals surface area contributed by atoms with Gasteiger partial charge in [0.1, 0.15) is 6.07 Å². The van der Waals surface area contributed by atoms with E-state index in [4.69, 9.17) is 10.00 Å². The lowest BCUT2D eigenvalue weighted by molar-refractivity contribution is 0.204. The van der Waals surface area contributed by atoms with E-state index >= 15 is 0 Å². The molecule has 1 aliphatic rings. The van der Waals surface area contributed by atoms with E-state index in [1.807, 2.05) is 0 Å².